The highest BCUT2D eigenvalue weighted by atomic mass is 16.2. The van der Waals surface area contributed by atoms with Gasteiger partial charge >= 0.3 is 0 Å². The monoisotopic (exact) mass is 200 g/mol. The molecule has 0 bridgehead atoms. The molecule has 1 aliphatic carbocycles. The van der Waals surface area contributed by atoms with Crippen molar-refractivity contribution in [3.63, 3.8) is 0 Å². The van der Waals surface area contributed by atoms with E-state index in [1.807, 2.05) is 0 Å². The summed E-state index contributed by atoms with van der Waals surface area (Å²) in [4.78, 5) is 24.1. The molecule has 0 atom stereocenters. The molecule has 0 saturated heterocycles. The molecular formula is C11H8N2O2. The van der Waals surface area contributed by atoms with Crippen molar-refractivity contribution in [3.8, 4) is 0 Å². The molecule has 4 heteroatoms. The number of hydrogen-bond donors (Lipinski definition) is 2. The molecule has 2 N–H and O–H groups in total. The van der Waals surface area contributed by atoms with Crippen LogP contribution in [-0.4, -0.2) is 17.1 Å². The molecule has 1 aromatic carbocycles. The first-order valence-electron chi connectivity index (χ1n) is 4.65. The predicted molar refractivity (Wildman–Crippen MR) is 53.2 cm³/mol. The summed E-state index contributed by atoms with van der Waals surface area (Å²) < 4.78 is 0. The Hall–Kier alpha value is -1.94. The number of carbonyl (C=O) groups excluding carboxylic acids is 2. The Kier molecular flexibility index (Phi) is 1.42. The standard InChI is InChI=1S/C11H8N2O2/c14-9-7-3-1-2-4-8(7)10(15)11(9)5-6-12-13-11/h1-6,12-13H. The molecule has 0 amide bonds. The average molecular weight is 200 g/mol. The lowest BCUT2D eigenvalue weighted by Crippen LogP contribution is -2.53. The van der Waals surface area contributed by atoms with Gasteiger partial charge in [-0.05, 0) is 6.08 Å². The molecule has 0 radical (unpaired) electrons. The quantitative estimate of drug-likeness (QED) is 0.596. The maximum absolute atomic E-state index is 12.1. The van der Waals surface area contributed by atoms with Crippen molar-refractivity contribution in [2.24, 2.45) is 0 Å². The molecule has 2 aliphatic rings. The highest BCUT2D eigenvalue weighted by molar-refractivity contribution is 6.34. The Balaban J connectivity index is 2.25. The third-order valence-corrected chi connectivity index (χ3v) is 2.82. The fourth-order valence-electron chi connectivity index (χ4n) is 2.04. The van der Waals surface area contributed by atoms with Crippen molar-refractivity contribution in [2.45, 2.75) is 5.54 Å². The molecule has 1 aliphatic heterocycles. The fraction of sp³-hybridized carbons (Fsp3) is 0.0909. The third kappa shape index (κ3) is 0.843. The van der Waals surface area contributed by atoms with Crippen LogP contribution in [0.5, 0.6) is 0 Å². The maximum atomic E-state index is 12.1. The highest BCUT2D eigenvalue weighted by Crippen LogP contribution is 2.31. The van der Waals surface area contributed by atoms with Crippen molar-refractivity contribution in [1.82, 2.24) is 10.9 Å². The van der Waals surface area contributed by atoms with E-state index in [0.29, 0.717) is 11.1 Å². The van der Waals surface area contributed by atoms with Gasteiger partial charge < -0.3 is 5.43 Å². The van der Waals surface area contributed by atoms with Gasteiger partial charge in [0.2, 0.25) is 0 Å². The molecule has 0 unspecified atom stereocenters. The maximum Gasteiger partial charge on any atom is 0.197 e. The molecule has 4 nitrogen and oxygen atoms in total. The van der Waals surface area contributed by atoms with E-state index < -0.39 is 5.54 Å². The average Bonchev–Trinajstić information content (AvgIpc) is 2.83. The Labute approximate surface area is 85.9 Å². The molecule has 1 aromatic rings. The lowest BCUT2D eigenvalue weighted by atomic mass is 9.95. The minimum atomic E-state index is -1.20. The zero-order valence-electron chi connectivity index (χ0n) is 7.78. The first kappa shape index (κ1) is 8.38. The number of Topliss-reactive ketones (excluding diaryl/α,β-unsaturated/α-hetero) is 2. The number of hydrazine groups is 1. The lowest BCUT2D eigenvalue weighted by Gasteiger charge is -2.16. The van der Waals surface area contributed by atoms with Gasteiger partial charge in [0.05, 0.1) is 0 Å². The van der Waals surface area contributed by atoms with Gasteiger partial charge in [0.1, 0.15) is 0 Å². The van der Waals surface area contributed by atoms with Crippen LogP contribution in [0, 0.1) is 0 Å². The molecule has 0 aromatic heterocycles. The van der Waals surface area contributed by atoms with E-state index in [-0.39, 0.29) is 11.6 Å². The molecule has 3 rings (SSSR count). The second-order valence-electron chi connectivity index (χ2n) is 3.61. The smallest absolute Gasteiger partial charge is 0.197 e. The summed E-state index contributed by atoms with van der Waals surface area (Å²) in [6, 6.07) is 6.88. The van der Waals surface area contributed by atoms with Crippen LogP contribution in [0.2, 0.25) is 0 Å². The second-order valence-corrected chi connectivity index (χ2v) is 3.61. The summed E-state index contributed by atoms with van der Waals surface area (Å²) in [7, 11) is 0. The summed E-state index contributed by atoms with van der Waals surface area (Å²) in [6.07, 6.45) is 3.14. The summed E-state index contributed by atoms with van der Waals surface area (Å²) in [5, 5.41) is 0. The van der Waals surface area contributed by atoms with Gasteiger partial charge in [0.25, 0.3) is 0 Å². The zero-order chi connectivity index (χ0) is 10.5. The Morgan fingerprint density at radius 2 is 1.60 bits per heavy atom. The normalized spacial score (nSPS) is 20.8. The number of fused-ring (bicyclic) bond motifs is 1. The predicted octanol–water partition coefficient (Wildman–Crippen LogP) is 0.426. The van der Waals surface area contributed by atoms with E-state index in [4.69, 9.17) is 0 Å². The molecule has 15 heavy (non-hydrogen) atoms. The van der Waals surface area contributed by atoms with Gasteiger partial charge in [-0.25, -0.2) is 5.43 Å². The van der Waals surface area contributed by atoms with Crippen LogP contribution < -0.4 is 10.9 Å². The van der Waals surface area contributed by atoms with Crippen molar-refractivity contribution >= 4 is 11.6 Å². The van der Waals surface area contributed by atoms with Crippen LogP contribution >= 0.6 is 0 Å². The van der Waals surface area contributed by atoms with E-state index in [0.717, 1.165) is 0 Å². The summed E-state index contributed by atoms with van der Waals surface area (Å²) in [6.45, 7) is 0. The van der Waals surface area contributed by atoms with E-state index in [9.17, 15) is 9.59 Å². The number of hydrogen-bond acceptors (Lipinski definition) is 4. The Bertz CT molecular complexity index is 470. The van der Waals surface area contributed by atoms with Crippen LogP contribution in [0.3, 0.4) is 0 Å². The van der Waals surface area contributed by atoms with Crippen LogP contribution in [0.1, 0.15) is 20.7 Å². The minimum Gasteiger partial charge on any atom is -0.327 e. The number of benzene rings is 1. The molecule has 1 spiro atoms. The summed E-state index contributed by atoms with van der Waals surface area (Å²) >= 11 is 0. The van der Waals surface area contributed by atoms with Gasteiger partial charge in [-0.3, -0.25) is 9.59 Å². The molecule has 0 saturated carbocycles. The van der Waals surface area contributed by atoms with E-state index in [2.05, 4.69) is 10.9 Å². The zero-order valence-corrected chi connectivity index (χ0v) is 7.78. The van der Waals surface area contributed by atoms with Crippen molar-refractivity contribution in [3.05, 3.63) is 47.7 Å². The highest BCUT2D eigenvalue weighted by Gasteiger charge is 2.52. The van der Waals surface area contributed by atoms with Gasteiger partial charge in [-0.2, -0.15) is 0 Å². The van der Waals surface area contributed by atoms with Crippen molar-refractivity contribution in [1.29, 1.82) is 0 Å². The molecule has 0 fully saturated rings. The van der Waals surface area contributed by atoms with Crippen molar-refractivity contribution < 1.29 is 9.59 Å². The molecule has 74 valence electrons. The summed E-state index contributed by atoms with van der Waals surface area (Å²) in [5.41, 5.74) is 5.17. The number of ketones is 2. The van der Waals surface area contributed by atoms with Crippen molar-refractivity contribution in [2.75, 3.05) is 0 Å². The largest absolute Gasteiger partial charge is 0.327 e. The van der Waals surface area contributed by atoms with Gasteiger partial charge in [-0.1, -0.05) is 24.3 Å². The number of carbonyl (C=O) groups is 2. The number of nitrogens with one attached hydrogen (secondary N) is 2. The van der Waals surface area contributed by atoms with Gasteiger partial charge in [-0.15, -0.1) is 0 Å². The number of rotatable bonds is 0. The van der Waals surface area contributed by atoms with Crippen LogP contribution in [0.25, 0.3) is 0 Å². The first-order chi connectivity index (χ1) is 7.26. The van der Waals surface area contributed by atoms with Crippen LogP contribution in [-0.2, 0) is 0 Å². The van der Waals surface area contributed by atoms with E-state index >= 15 is 0 Å². The third-order valence-electron chi connectivity index (χ3n) is 2.82. The first-order valence-corrected chi connectivity index (χ1v) is 4.65. The minimum absolute atomic E-state index is 0.190. The van der Waals surface area contributed by atoms with Gasteiger partial charge in [0.15, 0.2) is 17.1 Å². The molecular weight excluding hydrogens is 192 g/mol. The summed E-state index contributed by atoms with van der Waals surface area (Å²) in [5.74, 6) is -0.381. The van der Waals surface area contributed by atoms with Gasteiger partial charge in [0, 0.05) is 17.3 Å². The van der Waals surface area contributed by atoms with E-state index in [1.165, 1.54) is 0 Å². The van der Waals surface area contributed by atoms with Crippen LogP contribution in [0.4, 0.5) is 0 Å². The Morgan fingerprint density at radius 3 is 2.07 bits per heavy atom. The SMILES string of the molecule is O=C1c2ccccc2C(=O)C12C=CNN2. The van der Waals surface area contributed by atoms with Crippen LogP contribution in [0.15, 0.2) is 36.5 Å². The Morgan fingerprint density at radius 1 is 1.00 bits per heavy atom. The lowest BCUT2D eigenvalue weighted by molar-refractivity contribution is 0.0807. The second kappa shape index (κ2) is 2.55. The van der Waals surface area contributed by atoms with E-state index in [1.54, 1.807) is 36.5 Å². The topological polar surface area (TPSA) is 58.2 Å². The fourth-order valence-corrected chi connectivity index (χ4v) is 2.04. The molecule has 1 heterocycles.